The molecule has 26 heavy (non-hydrogen) atoms. The first-order valence-electron chi connectivity index (χ1n) is 9.05. The topological polar surface area (TPSA) is 73.9 Å². The van der Waals surface area contributed by atoms with Crippen molar-refractivity contribution in [2.24, 2.45) is 0 Å². The molecule has 0 saturated carbocycles. The molecule has 0 aliphatic carbocycles. The highest BCUT2D eigenvalue weighted by Crippen LogP contribution is 2.33. The third kappa shape index (κ3) is 3.46. The molecule has 1 unspecified atom stereocenters. The van der Waals surface area contributed by atoms with E-state index in [9.17, 15) is 4.79 Å². The normalized spacial score (nSPS) is 17.7. The van der Waals surface area contributed by atoms with Gasteiger partial charge < -0.3 is 10.3 Å². The summed E-state index contributed by atoms with van der Waals surface area (Å²) in [7, 11) is 0. The summed E-state index contributed by atoms with van der Waals surface area (Å²) < 4.78 is 0. The number of likely N-dealkylation sites (tertiary alicyclic amines) is 1. The molecule has 1 aromatic carbocycles. The number of carbonyl (C=O) groups is 1. The first kappa shape index (κ1) is 16.7. The molecule has 0 bridgehead atoms. The number of aromatic amines is 1. The van der Waals surface area contributed by atoms with Gasteiger partial charge in [0.05, 0.1) is 36.4 Å². The standard InChI is InChI=1S/C20H23N5O/c1-14(26)23-11-16-10-21-12-19(24-16)20-6-3-9-25(20)13-15-4-2-5-18-17(15)7-8-22-18/h2,4-5,7-8,10,12,20,22H,3,6,9,11,13H2,1H3,(H,23,26). The van der Waals surface area contributed by atoms with Gasteiger partial charge in [-0.15, -0.1) is 0 Å². The maximum absolute atomic E-state index is 11.1. The molecule has 4 rings (SSSR count). The zero-order valence-electron chi connectivity index (χ0n) is 14.9. The van der Waals surface area contributed by atoms with Crippen LogP contribution in [0.1, 0.15) is 42.8 Å². The minimum Gasteiger partial charge on any atom is -0.361 e. The summed E-state index contributed by atoms with van der Waals surface area (Å²) >= 11 is 0. The van der Waals surface area contributed by atoms with Crippen LogP contribution in [0.5, 0.6) is 0 Å². The second-order valence-corrected chi connectivity index (χ2v) is 6.83. The van der Waals surface area contributed by atoms with Gasteiger partial charge in [-0.3, -0.25) is 19.7 Å². The molecular weight excluding hydrogens is 326 g/mol. The van der Waals surface area contributed by atoms with Gasteiger partial charge in [0.15, 0.2) is 0 Å². The third-order valence-corrected chi connectivity index (χ3v) is 4.99. The van der Waals surface area contributed by atoms with Crippen LogP contribution >= 0.6 is 0 Å². The smallest absolute Gasteiger partial charge is 0.217 e. The van der Waals surface area contributed by atoms with E-state index in [2.05, 4.69) is 44.5 Å². The van der Waals surface area contributed by atoms with Gasteiger partial charge in [-0.1, -0.05) is 12.1 Å². The Balaban J connectivity index is 1.54. The van der Waals surface area contributed by atoms with Crippen molar-refractivity contribution in [3.63, 3.8) is 0 Å². The minimum absolute atomic E-state index is 0.0562. The zero-order valence-corrected chi connectivity index (χ0v) is 14.9. The van der Waals surface area contributed by atoms with E-state index < -0.39 is 0 Å². The van der Waals surface area contributed by atoms with Gasteiger partial charge in [-0.05, 0) is 37.1 Å². The molecule has 1 saturated heterocycles. The highest BCUT2D eigenvalue weighted by atomic mass is 16.1. The fourth-order valence-electron chi connectivity index (χ4n) is 3.74. The van der Waals surface area contributed by atoms with Crippen LogP contribution in [0.15, 0.2) is 42.9 Å². The molecule has 134 valence electrons. The summed E-state index contributed by atoms with van der Waals surface area (Å²) in [6, 6.07) is 8.83. The van der Waals surface area contributed by atoms with Crippen molar-refractivity contribution < 1.29 is 4.79 Å². The number of amides is 1. The molecule has 2 aromatic heterocycles. The molecule has 6 heteroatoms. The number of hydrogen-bond donors (Lipinski definition) is 2. The summed E-state index contributed by atoms with van der Waals surface area (Å²) in [6.45, 7) is 3.89. The van der Waals surface area contributed by atoms with Crippen LogP contribution < -0.4 is 5.32 Å². The summed E-state index contributed by atoms with van der Waals surface area (Å²) in [5.41, 5.74) is 4.30. The van der Waals surface area contributed by atoms with Crippen LogP contribution in [0.2, 0.25) is 0 Å². The predicted molar refractivity (Wildman–Crippen MR) is 100 cm³/mol. The summed E-state index contributed by atoms with van der Waals surface area (Å²) in [4.78, 5) is 26.0. The predicted octanol–water partition coefficient (Wildman–Crippen LogP) is 2.93. The Kier molecular flexibility index (Phi) is 4.67. The van der Waals surface area contributed by atoms with E-state index in [0.717, 1.165) is 37.3 Å². The molecule has 0 spiro atoms. The lowest BCUT2D eigenvalue weighted by Crippen LogP contribution is -2.25. The van der Waals surface area contributed by atoms with E-state index in [1.165, 1.54) is 23.4 Å². The fourth-order valence-corrected chi connectivity index (χ4v) is 3.74. The summed E-state index contributed by atoms with van der Waals surface area (Å²) in [5, 5.41) is 4.07. The van der Waals surface area contributed by atoms with E-state index in [1.807, 2.05) is 12.4 Å². The van der Waals surface area contributed by atoms with E-state index in [-0.39, 0.29) is 11.9 Å². The molecule has 2 N–H and O–H groups in total. The molecular formula is C20H23N5O. The first-order valence-corrected chi connectivity index (χ1v) is 9.05. The molecule has 0 radical (unpaired) electrons. The number of H-pyrrole nitrogens is 1. The molecule has 1 amide bonds. The Hall–Kier alpha value is -2.73. The number of nitrogens with one attached hydrogen (secondary N) is 2. The number of fused-ring (bicyclic) bond motifs is 1. The number of hydrogen-bond acceptors (Lipinski definition) is 4. The van der Waals surface area contributed by atoms with Crippen LogP contribution in [-0.2, 0) is 17.9 Å². The van der Waals surface area contributed by atoms with Gasteiger partial charge in [0, 0.05) is 30.6 Å². The lowest BCUT2D eigenvalue weighted by Gasteiger charge is -2.24. The van der Waals surface area contributed by atoms with Crippen molar-refractivity contribution in [1.82, 2.24) is 25.2 Å². The van der Waals surface area contributed by atoms with Crippen LogP contribution in [0, 0.1) is 0 Å². The van der Waals surface area contributed by atoms with Gasteiger partial charge in [0.1, 0.15) is 0 Å². The lowest BCUT2D eigenvalue weighted by atomic mass is 10.1. The highest BCUT2D eigenvalue weighted by molar-refractivity contribution is 5.82. The monoisotopic (exact) mass is 349 g/mol. The van der Waals surface area contributed by atoms with Crippen molar-refractivity contribution in [2.75, 3.05) is 6.54 Å². The Bertz CT molecular complexity index is 919. The Morgan fingerprint density at radius 2 is 2.27 bits per heavy atom. The van der Waals surface area contributed by atoms with Crippen molar-refractivity contribution in [3.05, 3.63) is 59.8 Å². The maximum Gasteiger partial charge on any atom is 0.217 e. The maximum atomic E-state index is 11.1. The Morgan fingerprint density at radius 1 is 1.35 bits per heavy atom. The van der Waals surface area contributed by atoms with Crippen LogP contribution in [0.3, 0.4) is 0 Å². The molecule has 1 aliphatic heterocycles. The van der Waals surface area contributed by atoms with E-state index in [0.29, 0.717) is 6.54 Å². The van der Waals surface area contributed by atoms with E-state index in [1.54, 1.807) is 6.20 Å². The fraction of sp³-hybridized carbons (Fsp3) is 0.350. The quantitative estimate of drug-likeness (QED) is 0.743. The number of aromatic nitrogens is 3. The second kappa shape index (κ2) is 7.25. The SMILES string of the molecule is CC(=O)NCc1cncc(C2CCCN2Cc2cccc3[nH]ccc23)n1. The first-order chi connectivity index (χ1) is 12.7. The summed E-state index contributed by atoms with van der Waals surface area (Å²) in [5.74, 6) is -0.0562. The Labute approximate surface area is 152 Å². The van der Waals surface area contributed by atoms with Crippen LogP contribution in [0.25, 0.3) is 10.9 Å². The third-order valence-electron chi connectivity index (χ3n) is 4.99. The van der Waals surface area contributed by atoms with Crippen molar-refractivity contribution in [1.29, 1.82) is 0 Å². The molecule has 3 heterocycles. The van der Waals surface area contributed by atoms with Crippen molar-refractivity contribution >= 4 is 16.8 Å². The summed E-state index contributed by atoms with van der Waals surface area (Å²) in [6.07, 6.45) is 7.82. The highest BCUT2D eigenvalue weighted by Gasteiger charge is 2.28. The number of carbonyl (C=O) groups excluding carboxylic acids is 1. The van der Waals surface area contributed by atoms with Crippen molar-refractivity contribution in [3.8, 4) is 0 Å². The van der Waals surface area contributed by atoms with Crippen LogP contribution in [-0.4, -0.2) is 32.3 Å². The van der Waals surface area contributed by atoms with Crippen LogP contribution in [0.4, 0.5) is 0 Å². The van der Waals surface area contributed by atoms with E-state index in [4.69, 9.17) is 4.98 Å². The average molecular weight is 349 g/mol. The average Bonchev–Trinajstić information content (AvgIpc) is 3.30. The molecule has 1 fully saturated rings. The minimum atomic E-state index is -0.0562. The van der Waals surface area contributed by atoms with Gasteiger partial charge in [-0.2, -0.15) is 0 Å². The van der Waals surface area contributed by atoms with Crippen molar-refractivity contribution in [2.45, 2.75) is 38.9 Å². The molecule has 6 nitrogen and oxygen atoms in total. The molecule has 1 atom stereocenters. The number of nitrogens with zero attached hydrogens (tertiary/aromatic N) is 3. The second-order valence-electron chi connectivity index (χ2n) is 6.83. The van der Waals surface area contributed by atoms with Gasteiger partial charge in [0.2, 0.25) is 5.91 Å². The van der Waals surface area contributed by atoms with Gasteiger partial charge >= 0.3 is 0 Å². The number of rotatable bonds is 5. The largest absolute Gasteiger partial charge is 0.361 e. The number of benzene rings is 1. The van der Waals surface area contributed by atoms with Gasteiger partial charge in [-0.25, -0.2) is 0 Å². The van der Waals surface area contributed by atoms with Gasteiger partial charge in [0.25, 0.3) is 0 Å². The molecule has 3 aromatic rings. The molecule has 1 aliphatic rings. The van der Waals surface area contributed by atoms with E-state index >= 15 is 0 Å². The zero-order chi connectivity index (χ0) is 17.9. The Morgan fingerprint density at radius 3 is 3.15 bits per heavy atom. The lowest BCUT2D eigenvalue weighted by molar-refractivity contribution is -0.119.